The maximum atomic E-state index is 12.5. The average Bonchev–Trinajstić information content (AvgIpc) is 3.35. The zero-order chi connectivity index (χ0) is 19.4. The van der Waals surface area contributed by atoms with Gasteiger partial charge in [0, 0.05) is 24.9 Å². The summed E-state index contributed by atoms with van der Waals surface area (Å²) in [6, 6.07) is 8.31. The molecule has 2 amide bonds. The molecular weight excluding hydrogens is 368 g/mol. The Balaban J connectivity index is 1.65. The Bertz CT molecular complexity index is 867. The molecule has 0 bridgehead atoms. The van der Waals surface area contributed by atoms with Gasteiger partial charge in [-0.15, -0.1) is 11.8 Å². The molecule has 1 aliphatic rings. The molecule has 3 rings (SSSR count). The van der Waals surface area contributed by atoms with Crippen LogP contribution in [0.3, 0.4) is 0 Å². The largest absolute Gasteiger partial charge is 0.476 e. The second kappa shape index (κ2) is 8.26. The van der Waals surface area contributed by atoms with Crippen LogP contribution in [-0.2, 0) is 16.1 Å². The summed E-state index contributed by atoms with van der Waals surface area (Å²) in [6.45, 7) is 2.10. The summed E-state index contributed by atoms with van der Waals surface area (Å²) < 4.78 is 1.48. The zero-order valence-electron chi connectivity index (χ0n) is 14.8. The summed E-state index contributed by atoms with van der Waals surface area (Å²) in [5.74, 6) is -0.124. The first-order valence-electron chi connectivity index (χ1n) is 8.52. The van der Waals surface area contributed by atoms with Gasteiger partial charge >= 0.3 is 5.97 Å². The minimum absolute atomic E-state index is 0.0185. The predicted octanol–water partition coefficient (Wildman–Crippen LogP) is 1.50. The van der Waals surface area contributed by atoms with Crippen molar-refractivity contribution in [2.75, 3.05) is 11.6 Å². The molecule has 1 atom stereocenters. The van der Waals surface area contributed by atoms with Crippen molar-refractivity contribution in [1.82, 2.24) is 20.0 Å². The number of aromatic carboxylic acids is 1. The molecule has 2 N–H and O–H groups in total. The van der Waals surface area contributed by atoms with Gasteiger partial charge in [0.2, 0.25) is 11.8 Å². The highest BCUT2D eigenvalue weighted by molar-refractivity contribution is 7.99. The van der Waals surface area contributed by atoms with Crippen LogP contribution in [0.25, 0.3) is 5.69 Å². The Morgan fingerprint density at radius 1 is 1.33 bits per heavy atom. The van der Waals surface area contributed by atoms with Gasteiger partial charge in [0.25, 0.3) is 0 Å². The molecule has 1 aromatic heterocycles. The average molecular weight is 388 g/mol. The highest BCUT2D eigenvalue weighted by Gasteiger charge is 2.33. The van der Waals surface area contributed by atoms with Crippen LogP contribution in [0.2, 0.25) is 0 Å². The number of carboxylic acids is 1. The minimum Gasteiger partial charge on any atom is -0.476 e. The van der Waals surface area contributed by atoms with Gasteiger partial charge in [0.1, 0.15) is 6.04 Å². The molecular formula is C18H20N4O4S. The molecule has 2 heterocycles. The summed E-state index contributed by atoms with van der Waals surface area (Å²) in [5.41, 5.74) is 1.52. The first-order valence-corrected chi connectivity index (χ1v) is 9.68. The second-order valence-corrected chi connectivity index (χ2v) is 7.07. The van der Waals surface area contributed by atoms with Crippen LogP contribution < -0.4 is 5.32 Å². The van der Waals surface area contributed by atoms with Crippen molar-refractivity contribution in [3.63, 3.8) is 0 Å². The van der Waals surface area contributed by atoms with Gasteiger partial charge in [0.15, 0.2) is 5.69 Å². The number of benzene rings is 1. The molecule has 142 valence electrons. The van der Waals surface area contributed by atoms with Crippen molar-refractivity contribution in [2.24, 2.45) is 0 Å². The number of thioether (sulfide) groups is 1. The Hall–Kier alpha value is -2.81. The third-order valence-corrected chi connectivity index (χ3v) is 5.27. The number of nitrogens with one attached hydrogen (secondary N) is 1. The summed E-state index contributed by atoms with van der Waals surface area (Å²) in [6.07, 6.45) is 1.96. The third kappa shape index (κ3) is 4.30. The fraction of sp³-hybridized carbons (Fsp3) is 0.333. The molecule has 1 aromatic carbocycles. The monoisotopic (exact) mass is 388 g/mol. The summed E-state index contributed by atoms with van der Waals surface area (Å²) >= 11 is 1.57. The summed E-state index contributed by atoms with van der Waals surface area (Å²) in [7, 11) is 0. The fourth-order valence-corrected chi connectivity index (χ4v) is 3.99. The predicted molar refractivity (Wildman–Crippen MR) is 101 cm³/mol. The maximum absolute atomic E-state index is 12.5. The normalized spacial score (nSPS) is 16.3. The van der Waals surface area contributed by atoms with E-state index in [-0.39, 0.29) is 17.5 Å². The lowest BCUT2D eigenvalue weighted by Gasteiger charge is -2.22. The van der Waals surface area contributed by atoms with E-state index in [1.165, 1.54) is 10.7 Å². The van der Waals surface area contributed by atoms with E-state index in [0.717, 1.165) is 5.56 Å². The molecule has 0 aliphatic carbocycles. The lowest BCUT2D eigenvalue weighted by atomic mass is 10.2. The molecule has 1 unspecified atom stereocenters. The van der Waals surface area contributed by atoms with E-state index in [1.54, 1.807) is 35.8 Å². The molecule has 0 saturated carbocycles. The van der Waals surface area contributed by atoms with Crippen LogP contribution in [0.4, 0.5) is 0 Å². The van der Waals surface area contributed by atoms with Crippen LogP contribution in [0.1, 0.15) is 29.4 Å². The van der Waals surface area contributed by atoms with Gasteiger partial charge in [0.05, 0.1) is 11.6 Å². The standard InChI is InChI=1S/C18H20N4O4S/c1-2-16(23)21-11-27-10-15(21)17(24)19-9-12-4-3-5-13(8-12)22-7-6-14(20-22)18(25)26/h3-8,15H,2,9-11H2,1H3,(H,19,24)(H,25,26). The Morgan fingerprint density at radius 3 is 2.85 bits per heavy atom. The quantitative estimate of drug-likeness (QED) is 0.777. The first-order chi connectivity index (χ1) is 13.0. The Labute approximate surface area is 160 Å². The van der Waals surface area contributed by atoms with Gasteiger partial charge in [-0.05, 0) is 23.8 Å². The van der Waals surface area contributed by atoms with E-state index in [0.29, 0.717) is 30.3 Å². The highest BCUT2D eigenvalue weighted by atomic mass is 32.2. The fourth-order valence-electron chi connectivity index (χ4n) is 2.81. The van der Waals surface area contributed by atoms with Crippen molar-refractivity contribution in [3.05, 3.63) is 47.8 Å². The van der Waals surface area contributed by atoms with Crippen LogP contribution in [0.5, 0.6) is 0 Å². The van der Waals surface area contributed by atoms with E-state index in [1.807, 2.05) is 18.2 Å². The van der Waals surface area contributed by atoms with Crippen LogP contribution in [0.15, 0.2) is 36.5 Å². The van der Waals surface area contributed by atoms with Crippen LogP contribution in [-0.4, -0.2) is 55.2 Å². The molecule has 1 aliphatic heterocycles. The number of hydrogen-bond acceptors (Lipinski definition) is 5. The number of rotatable bonds is 6. The molecule has 0 spiro atoms. The van der Waals surface area contributed by atoms with Gasteiger partial charge in [-0.1, -0.05) is 19.1 Å². The van der Waals surface area contributed by atoms with E-state index in [4.69, 9.17) is 5.11 Å². The SMILES string of the molecule is CCC(=O)N1CSCC1C(=O)NCc1cccc(-n2ccc(C(=O)O)n2)c1. The van der Waals surface area contributed by atoms with Gasteiger partial charge in [-0.2, -0.15) is 5.10 Å². The molecule has 0 radical (unpaired) electrons. The van der Waals surface area contributed by atoms with Crippen LogP contribution >= 0.6 is 11.8 Å². The van der Waals surface area contributed by atoms with Gasteiger partial charge in [-0.3, -0.25) is 9.59 Å². The molecule has 9 heteroatoms. The number of amides is 2. The highest BCUT2D eigenvalue weighted by Crippen LogP contribution is 2.22. The number of carbonyl (C=O) groups is 3. The summed E-state index contributed by atoms with van der Waals surface area (Å²) in [4.78, 5) is 37.0. The van der Waals surface area contributed by atoms with Crippen LogP contribution in [0, 0.1) is 0 Å². The maximum Gasteiger partial charge on any atom is 0.356 e. The number of aromatic nitrogens is 2. The lowest BCUT2D eigenvalue weighted by Crippen LogP contribution is -2.46. The molecule has 27 heavy (non-hydrogen) atoms. The van der Waals surface area contributed by atoms with Crippen molar-refractivity contribution in [2.45, 2.75) is 25.9 Å². The van der Waals surface area contributed by atoms with Gasteiger partial charge < -0.3 is 15.3 Å². The number of hydrogen-bond donors (Lipinski definition) is 2. The Morgan fingerprint density at radius 2 is 2.15 bits per heavy atom. The van der Waals surface area contributed by atoms with Crippen molar-refractivity contribution in [3.8, 4) is 5.69 Å². The number of carboxylic acid groups (broad SMARTS) is 1. The molecule has 2 aromatic rings. The van der Waals surface area contributed by atoms with Gasteiger partial charge in [-0.25, -0.2) is 9.48 Å². The van der Waals surface area contributed by atoms with E-state index in [9.17, 15) is 14.4 Å². The topological polar surface area (TPSA) is 105 Å². The Kier molecular flexibility index (Phi) is 5.80. The summed E-state index contributed by atoms with van der Waals surface area (Å²) in [5, 5.41) is 15.9. The van der Waals surface area contributed by atoms with E-state index >= 15 is 0 Å². The molecule has 1 fully saturated rings. The molecule has 1 saturated heterocycles. The van der Waals surface area contributed by atoms with E-state index in [2.05, 4.69) is 10.4 Å². The third-order valence-electron chi connectivity index (χ3n) is 4.26. The second-order valence-electron chi connectivity index (χ2n) is 6.07. The van der Waals surface area contributed by atoms with E-state index < -0.39 is 12.0 Å². The number of carbonyl (C=O) groups excluding carboxylic acids is 2. The zero-order valence-corrected chi connectivity index (χ0v) is 15.6. The van der Waals surface area contributed by atoms with Crippen molar-refractivity contribution >= 4 is 29.5 Å². The first kappa shape index (κ1) is 19.0. The smallest absolute Gasteiger partial charge is 0.356 e. The lowest BCUT2D eigenvalue weighted by molar-refractivity contribution is -0.137. The minimum atomic E-state index is -1.09. The molecule has 8 nitrogen and oxygen atoms in total. The van der Waals surface area contributed by atoms with Crippen molar-refractivity contribution in [1.29, 1.82) is 0 Å². The van der Waals surface area contributed by atoms with Crippen molar-refractivity contribution < 1.29 is 19.5 Å². The number of nitrogens with zero attached hydrogens (tertiary/aromatic N) is 3.